The lowest BCUT2D eigenvalue weighted by atomic mass is 10.1. The summed E-state index contributed by atoms with van der Waals surface area (Å²) in [6, 6.07) is 4.88. The molecule has 2 unspecified atom stereocenters. The van der Waals surface area contributed by atoms with Crippen molar-refractivity contribution >= 4 is 23.6 Å². The molecule has 1 fully saturated rings. The number of thioether (sulfide) groups is 1. The maximum absolute atomic E-state index is 12.5. The fourth-order valence-corrected chi connectivity index (χ4v) is 3.95. The van der Waals surface area contributed by atoms with Gasteiger partial charge in [0, 0.05) is 24.1 Å². The van der Waals surface area contributed by atoms with Crippen LogP contribution in [0.25, 0.3) is 0 Å². The highest BCUT2D eigenvalue weighted by Crippen LogP contribution is 2.34. The smallest absolute Gasteiger partial charge is 0.327 e. The number of aliphatic carboxylic acids is 1. The van der Waals surface area contributed by atoms with Crippen LogP contribution >= 0.6 is 11.8 Å². The van der Waals surface area contributed by atoms with Crippen molar-refractivity contribution in [3.8, 4) is 0 Å². The van der Waals surface area contributed by atoms with Crippen LogP contribution in [-0.2, 0) is 16.0 Å². The summed E-state index contributed by atoms with van der Waals surface area (Å²) in [7, 11) is 0. The van der Waals surface area contributed by atoms with Gasteiger partial charge in [-0.3, -0.25) is 9.78 Å². The Morgan fingerprint density at radius 1 is 1.48 bits per heavy atom. The van der Waals surface area contributed by atoms with Gasteiger partial charge in [-0.25, -0.2) is 4.79 Å². The zero-order valence-electron chi connectivity index (χ0n) is 12.2. The van der Waals surface area contributed by atoms with E-state index in [4.69, 9.17) is 0 Å². The van der Waals surface area contributed by atoms with Gasteiger partial charge in [-0.05, 0) is 24.5 Å². The van der Waals surface area contributed by atoms with Crippen molar-refractivity contribution in [2.24, 2.45) is 5.92 Å². The summed E-state index contributed by atoms with van der Waals surface area (Å²) < 4.78 is 0. The van der Waals surface area contributed by atoms with Crippen LogP contribution in [-0.4, -0.2) is 44.0 Å². The number of aryl methyl sites for hydroxylation is 1. The molecule has 2 atom stereocenters. The van der Waals surface area contributed by atoms with Crippen LogP contribution in [0, 0.1) is 5.92 Å². The predicted molar refractivity (Wildman–Crippen MR) is 81.9 cm³/mol. The molecule has 0 spiro atoms. The second-order valence-corrected chi connectivity index (χ2v) is 6.59. The molecule has 5 nitrogen and oxygen atoms in total. The fourth-order valence-electron chi connectivity index (χ4n) is 2.46. The molecule has 1 aromatic heterocycles. The monoisotopic (exact) mass is 308 g/mol. The van der Waals surface area contributed by atoms with E-state index < -0.39 is 12.0 Å². The summed E-state index contributed by atoms with van der Waals surface area (Å²) in [5.74, 6) is -0.320. The van der Waals surface area contributed by atoms with Gasteiger partial charge in [0.05, 0.1) is 5.37 Å². The van der Waals surface area contributed by atoms with Gasteiger partial charge in [0.25, 0.3) is 0 Å². The average molecular weight is 308 g/mol. The molecule has 1 aliphatic heterocycles. The SMILES string of the molecule is CC(C)C1SCC(C(=O)O)N1C(=O)CCc1ccccn1. The molecule has 114 valence electrons. The first-order chi connectivity index (χ1) is 10.0. The lowest BCUT2D eigenvalue weighted by Gasteiger charge is -2.29. The fraction of sp³-hybridized carbons (Fsp3) is 0.533. The second kappa shape index (κ2) is 6.93. The van der Waals surface area contributed by atoms with Gasteiger partial charge < -0.3 is 10.0 Å². The molecule has 2 heterocycles. The van der Waals surface area contributed by atoms with Crippen LogP contribution in [0.2, 0.25) is 0 Å². The highest BCUT2D eigenvalue weighted by molar-refractivity contribution is 8.00. The molecule has 0 aliphatic carbocycles. The number of nitrogens with zero attached hydrogens (tertiary/aromatic N) is 2. The lowest BCUT2D eigenvalue weighted by molar-refractivity contribution is -0.149. The van der Waals surface area contributed by atoms with E-state index in [0.29, 0.717) is 18.6 Å². The number of hydrogen-bond donors (Lipinski definition) is 1. The molecule has 1 aliphatic rings. The van der Waals surface area contributed by atoms with Crippen molar-refractivity contribution in [1.82, 2.24) is 9.88 Å². The first kappa shape index (κ1) is 15.8. The van der Waals surface area contributed by atoms with E-state index >= 15 is 0 Å². The van der Waals surface area contributed by atoms with E-state index in [0.717, 1.165) is 5.69 Å². The Morgan fingerprint density at radius 3 is 2.81 bits per heavy atom. The topological polar surface area (TPSA) is 70.5 Å². The number of carboxylic acid groups (broad SMARTS) is 1. The van der Waals surface area contributed by atoms with Crippen LogP contribution < -0.4 is 0 Å². The molecule has 21 heavy (non-hydrogen) atoms. The number of amides is 1. The molecular weight excluding hydrogens is 288 g/mol. The minimum absolute atomic E-state index is 0.0534. The number of carbonyl (C=O) groups excluding carboxylic acids is 1. The number of carbonyl (C=O) groups is 2. The van der Waals surface area contributed by atoms with Crippen molar-refractivity contribution in [2.45, 2.75) is 38.1 Å². The standard InChI is InChI=1S/C15H20N2O3S/c1-10(2)14-17(12(9-21-14)15(19)20)13(18)7-6-11-5-3-4-8-16-11/h3-5,8,10,12,14H,6-7,9H2,1-2H3,(H,19,20). The Kier molecular flexibility index (Phi) is 5.22. The largest absolute Gasteiger partial charge is 0.480 e. The summed E-state index contributed by atoms with van der Waals surface area (Å²) in [6.45, 7) is 4.03. The molecule has 2 rings (SSSR count). The van der Waals surface area contributed by atoms with E-state index in [1.165, 1.54) is 0 Å². The lowest BCUT2D eigenvalue weighted by Crippen LogP contribution is -2.47. The van der Waals surface area contributed by atoms with Crippen LogP contribution in [0.3, 0.4) is 0 Å². The van der Waals surface area contributed by atoms with Crippen LogP contribution in [0.1, 0.15) is 26.0 Å². The first-order valence-corrected chi connectivity index (χ1v) is 8.11. The van der Waals surface area contributed by atoms with Crippen molar-refractivity contribution in [3.05, 3.63) is 30.1 Å². The van der Waals surface area contributed by atoms with Crippen LogP contribution in [0.5, 0.6) is 0 Å². The Hall–Kier alpha value is -1.56. The van der Waals surface area contributed by atoms with E-state index in [-0.39, 0.29) is 17.2 Å². The van der Waals surface area contributed by atoms with Gasteiger partial charge in [0.2, 0.25) is 5.91 Å². The minimum atomic E-state index is -0.920. The summed E-state index contributed by atoms with van der Waals surface area (Å²) in [4.78, 5) is 29.6. The zero-order valence-corrected chi connectivity index (χ0v) is 13.0. The Labute approximate surface area is 128 Å². The average Bonchev–Trinajstić information content (AvgIpc) is 2.91. The van der Waals surface area contributed by atoms with Crippen molar-refractivity contribution in [1.29, 1.82) is 0 Å². The molecule has 1 amide bonds. The first-order valence-electron chi connectivity index (χ1n) is 7.06. The van der Waals surface area contributed by atoms with Gasteiger partial charge in [0.1, 0.15) is 6.04 Å². The van der Waals surface area contributed by atoms with Crippen molar-refractivity contribution in [2.75, 3.05) is 5.75 Å². The van der Waals surface area contributed by atoms with E-state index in [1.807, 2.05) is 32.0 Å². The molecule has 6 heteroatoms. The summed E-state index contributed by atoms with van der Waals surface area (Å²) in [6.07, 6.45) is 2.53. The molecule has 0 saturated carbocycles. The molecule has 0 radical (unpaired) electrons. The maximum Gasteiger partial charge on any atom is 0.327 e. The molecular formula is C15H20N2O3S. The van der Waals surface area contributed by atoms with Gasteiger partial charge in [-0.2, -0.15) is 0 Å². The predicted octanol–water partition coefficient (Wildman–Crippen LogP) is 2.02. The van der Waals surface area contributed by atoms with Gasteiger partial charge in [-0.1, -0.05) is 19.9 Å². The van der Waals surface area contributed by atoms with Crippen LogP contribution in [0.4, 0.5) is 0 Å². The third-order valence-corrected chi connectivity index (χ3v) is 5.12. The van der Waals surface area contributed by atoms with Gasteiger partial charge >= 0.3 is 5.97 Å². The zero-order chi connectivity index (χ0) is 15.4. The number of pyridine rings is 1. The summed E-state index contributed by atoms with van der Waals surface area (Å²) >= 11 is 1.55. The van der Waals surface area contributed by atoms with Crippen LogP contribution in [0.15, 0.2) is 24.4 Å². The van der Waals surface area contributed by atoms with E-state index in [2.05, 4.69) is 4.98 Å². The number of carboxylic acids is 1. The maximum atomic E-state index is 12.5. The Bertz CT molecular complexity index is 507. The number of hydrogen-bond acceptors (Lipinski definition) is 4. The number of rotatable bonds is 5. The van der Waals surface area contributed by atoms with E-state index in [9.17, 15) is 14.7 Å². The van der Waals surface area contributed by atoms with Gasteiger partial charge in [-0.15, -0.1) is 11.8 Å². The molecule has 0 aromatic carbocycles. The van der Waals surface area contributed by atoms with E-state index in [1.54, 1.807) is 22.9 Å². The van der Waals surface area contributed by atoms with Crippen molar-refractivity contribution < 1.29 is 14.7 Å². The third kappa shape index (κ3) is 3.75. The molecule has 1 saturated heterocycles. The molecule has 0 bridgehead atoms. The normalized spacial score (nSPS) is 21.8. The van der Waals surface area contributed by atoms with Gasteiger partial charge in [0.15, 0.2) is 0 Å². The quantitative estimate of drug-likeness (QED) is 0.901. The van der Waals surface area contributed by atoms with Crippen molar-refractivity contribution in [3.63, 3.8) is 0 Å². The Morgan fingerprint density at radius 2 is 2.24 bits per heavy atom. The Balaban J connectivity index is 2.05. The third-order valence-electron chi connectivity index (χ3n) is 3.50. The minimum Gasteiger partial charge on any atom is -0.480 e. The summed E-state index contributed by atoms with van der Waals surface area (Å²) in [5.41, 5.74) is 0.852. The molecule has 1 aromatic rings. The highest BCUT2D eigenvalue weighted by atomic mass is 32.2. The molecule has 1 N–H and O–H groups in total. The second-order valence-electron chi connectivity index (χ2n) is 5.44. The number of aromatic nitrogens is 1. The highest BCUT2D eigenvalue weighted by Gasteiger charge is 2.42. The summed E-state index contributed by atoms with van der Waals surface area (Å²) in [5, 5.41) is 9.24.